The van der Waals surface area contributed by atoms with Crippen molar-refractivity contribution >= 4 is 5.57 Å². The van der Waals surface area contributed by atoms with Crippen molar-refractivity contribution in [2.24, 2.45) is 5.73 Å². The lowest BCUT2D eigenvalue weighted by molar-refractivity contribution is 0.380. The highest BCUT2D eigenvalue weighted by Gasteiger charge is 2.44. The van der Waals surface area contributed by atoms with Gasteiger partial charge in [-0.25, -0.2) is 0 Å². The lowest BCUT2D eigenvalue weighted by atomic mass is 9.68. The number of rotatable bonds is 10. The van der Waals surface area contributed by atoms with E-state index in [2.05, 4.69) is 50.3 Å². The third-order valence-electron chi connectivity index (χ3n) is 6.50. The molecule has 1 aromatic rings. The second kappa shape index (κ2) is 9.04. The van der Waals surface area contributed by atoms with Gasteiger partial charge in [0.25, 0.3) is 0 Å². The third kappa shape index (κ3) is 3.83. The Labute approximate surface area is 160 Å². The summed E-state index contributed by atoms with van der Waals surface area (Å²) in [5, 5.41) is 0. The van der Waals surface area contributed by atoms with E-state index in [0.717, 1.165) is 6.42 Å². The highest BCUT2D eigenvalue weighted by atomic mass is 14.6. The minimum absolute atomic E-state index is 0.189. The third-order valence-corrected chi connectivity index (χ3v) is 6.50. The molecule has 0 heterocycles. The van der Waals surface area contributed by atoms with E-state index in [1.165, 1.54) is 75.3 Å². The minimum atomic E-state index is 0.189. The van der Waals surface area contributed by atoms with E-state index in [1.807, 2.05) is 0 Å². The molecular weight excluding hydrogens is 314 g/mol. The van der Waals surface area contributed by atoms with Gasteiger partial charge in [-0.3, -0.25) is 0 Å². The number of benzene rings is 1. The Morgan fingerprint density at radius 3 is 2.23 bits per heavy atom. The van der Waals surface area contributed by atoms with Crippen LogP contribution in [-0.4, -0.2) is 6.04 Å². The van der Waals surface area contributed by atoms with E-state index in [1.54, 1.807) is 11.1 Å². The first-order chi connectivity index (χ1) is 12.7. The van der Waals surface area contributed by atoms with Gasteiger partial charge < -0.3 is 5.73 Å². The maximum absolute atomic E-state index is 6.38. The van der Waals surface area contributed by atoms with Gasteiger partial charge in [0.05, 0.1) is 0 Å². The first kappa shape index (κ1) is 19.4. The molecule has 1 atom stereocenters. The van der Waals surface area contributed by atoms with Crippen molar-refractivity contribution in [1.82, 2.24) is 0 Å². The average molecular weight is 352 g/mol. The summed E-state index contributed by atoms with van der Waals surface area (Å²) in [6.45, 7) is 4.61. The highest BCUT2D eigenvalue weighted by Crippen LogP contribution is 2.55. The molecule has 0 radical (unpaired) electrons. The number of hydrogen-bond donors (Lipinski definition) is 1. The predicted octanol–water partition coefficient (Wildman–Crippen LogP) is 6.92. The maximum atomic E-state index is 6.38. The Balaban J connectivity index is 1.93. The molecule has 0 aromatic heterocycles. The minimum Gasteiger partial charge on any atom is -0.324 e. The summed E-state index contributed by atoms with van der Waals surface area (Å²) >= 11 is 0. The summed E-state index contributed by atoms with van der Waals surface area (Å²) in [6.07, 6.45) is 18.9. The van der Waals surface area contributed by atoms with Gasteiger partial charge in [-0.2, -0.15) is 0 Å². The van der Waals surface area contributed by atoms with Crippen molar-refractivity contribution in [3.63, 3.8) is 0 Å². The largest absolute Gasteiger partial charge is 0.324 e. The summed E-state index contributed by atoms with van der Waals surface area (Å²) in [6, 6.07) is 9.39. The number of fused-ring (bicyclic) bond motifs is 2. The average Bonchev–Trinajstić information content (AvgIpc) is 2.92. The summed E-state index contributed by atoms with van der Waals surface area (Å²) in [7, 11) is 0. The van der Waals surface area contributed by atoms with E-state index in [-0.39, 0.29) is 11.5 Å². The number of hydrogen-bond acceptors (Lipinski definition) is 1. The Bertz CT molecular complexity index is 640. The van der Waals surface area contributed by atoms with Gasteiger partial charge >= 0.3 is 0 Å². The van der Waals surface area contributed by atoms with Gasteiger partial charge in [0.2, 0.25) is 0 Å². The Morgan fingerprint density at radius 1 is 0.923 bits per heavy atom. The van der Waals surface area contributed by atoms with Crippen LogP contribution in [0.4, 0.5) is 0 Å². The lowest BCUT2D eigenvalue weighted by Crippen LogP contribution is -2.31. The van der Waals surface area contributed by atoms with E-state index in [0.29, 0.717) is 0 Å². The van der Waals surface area contributed by atoms with Crippen molar-refractivity contribution < 1.29 is 0 Å². The molecule has 2 aliphatic rings. The molecule has 2 N–H and O–H groups in total. The molecule has 0 aliphatic heterocycles. The second-order valence-electron chi connectivity index (χ2n) is 8.37. The maximum Gasteiger partial charge on any atom is 0.0265 e. The van der Waals surface area contributed by atoms with Gasteiger partial charge in [0, 0.05) is 11.5 Å². The fourth-order valence-corrected chi connectivity index (χ4v) is 5.14. The molecule has 3 rings (SSSR count). The Morgan fingerprint density at radius 2 is 1.58 bits per heavy atom. The van der Waals surface area contributed by atoms with Crippen LogP contribution >= 0.6 is 0 Å². The predicted molar refractivity (Wildman–Crippen MR) is 114 cm³/mol. The molecular formula is C25H37N. The second-order valence-corrected chi connectivity index (χ2v) is 8.37. The fraction of sp³-hybridized carbons (Fsp3) is 0.600. The van der Waals surface area contributed by atoms with Crippen molar-refractivity contribution in [2.75, 3.05) is 0 Å². The molecule has 0 saturated carbocycles. The van der Waals surface area contributed by atoms with Crippen molar-refractivity contribution in [1.29, 1.82) is 0 Å². The molecule has 1 heteroatoms. The molecule has 2 aliphatic carbocycles. The number of unbranched alkanes of at least 4 members (excludes halogenated alkanes) is 6. The van der Waals surface area contributed by atoms with Crippen LogP contribution in [-0.2, 0) is 5.41 Å². The Kier molecular flexibility index (Phi) is 6.75. The molecule has 142 valence electrons. The summed E-state index contributed by atoms with van der Waals surface area (Å²) in [5.41, 5.74) is 12.8. The molecule has 1 nitrogen and oxygen atoms in total. The first-order valence-corrected chi connectivity index (χ1v) is 11.0. The molecule has 0 spiro atoms. The van der Waals surface area contributed by atoms with Crippen molar-refractivity contribution in [3.05, 3.63) is 53.1 Å². The molecule has 0 bridgehead atoms. The zero-order valence-electron chi connectivity index (χ0n) is 16.9. The normalized spacial score (nSPS) is 20.3. The molecule has 1 unspecified atom stereocenters. The van der Waals surface area contributed by atoms with E-state index < -0.39 is 0 Å². The van der Waals surface area contributed by atoms with Crippen LogP contribution in [0.3, 0.4) is 0 Å². The van der Waals surface area contributed by atoms with Crippen LogP contribution in [0.1, 0.15) is 95.6 Å². The molecule has 26 heavy (non-hydrogen) atoms. The smallest absolute Gasteiger partial charge is 0.0265 e. The van der Waals surface area contributed by atoms with E-state index in [9.17, 15) is 0 Å². The quantitative estimate of drug-likeness (QED) is 0.455. The van der Waals surface area contributed by atoms with E-state index in [4.69, 9.17) is 5.73 Å². The fourth-order valence-electron chi connectivity index (χ4n) is 5.14. The molecule has 0 amide bonds. The summed E-state index contributed by atoms with van der Waals surface area (Å²) in [4.78, 5) is 0. The first-order valence-electron chi connectivity index (χ1n) is 11.0. The van der Waals surface area contributed by atoms with E-state index >= 15 is 0 Å². The topological polar surface area (TPSA) is 26.0 Å². The molecule has 1 aromatic carbocycles. The van der Waals surface area contributed by atoms with Gasteiger partial charge in [-0.1, -0.05) is 102 Å². The van der Waals surface area contributed by atoms with Crippen LogP contribution in [0.2, 0.25) is 0 Å². The highest BCUT2D eigenvalue weighted by molar-refractivity contribution is 5.87. The van der Waals surface area contributed by atoms with Gasteiger partial charge in [0.1, 0.15) is 0 Å². The van der Waals surface area contributed by atoms with Crippen LogP contribution < -0.4 is 5.73 Å². The van der Waals surface area contributed by atoms with Crippen LogP contribution in [0.25, 0.3) is 5.57 Å². The van der Waals surface area contributed by atoms with Crippen LogP contribution in [0.5, 0.6) is 0 Å². The zero-order chi connectivity index (χ0) is 18.4. The summed E-state index contributed by atoms with van der Waals surface area (Å²) in [5.74, 6) is 0. The zero-order valence-corrected chi connectivity index (χ0v) is 16.9. The molecule has 0 saturated heterocycles. The summed E-state index contributed by atoms with van der Waals surface area (Å²) < 4.78 is 0. The lowest BCUT2D eigenvalue weighted by Gasteiger charge is -2.36. The Hall–Kier alpha value is -1.34. The standard InChI is InChI=1S/C25H37N/c1-3-5-7-11-17-25(18-12-8-6-4-2)23-14-10-9-13-21(23)22-16-15-20(26)19-24(22)25/h9-10,13-16,20H,3-8,11-12,17-19,26H2,1-2H3. The number of nitrogens with two attached hydrogens (primary N) is 1. The van der Waals surface area contributed by atoms with Gasteiger partial charge in [-0.05, 0) is 41.5 Å². The van der Waals surface area contributed by atoms with Crippen molar-refractivity contribution in [3.8, 4) is 0 Å². The van der Waals surface area contributed by atoms with Crippen LogP contribution in [0.15, 0.2) is 42.0 Å². The van der Waals surface area contributed by atoms with Gasteiger partial charge in [-0.15, -0.1) is 0 Å². The SMILES string of the molecule is CCCCCCC1(CCCCCC)C2=C(C=CC(N)C2)c2ccccc21. The van der Waals surface area contributed by atoms with Crippen molar-refractivity contribution in [2.45, 2.75) is 95.9 Å². The number of allylic oxidation sites excluding steroid dienone is 2. The molecule has 0 fully saturated rings. The van der Waals surface area contributed by atoms with Gasteiger partial charge in [0.15, 0.2) is 0 Å². The van der Waals surface area contributed by atoms with Crippen LogP contribution in [0, 0.1) is 0 Å². The monoisotopic (exact) mass is 351 g/mol.